The highest BCUT2D eigenvalue weighted by molar-refractivity contribution is 5.08. The first kappa shape index (κ1) is 9.26. The molecule has 0 amide bonds. The maximum absolute atomic E-state index is 5.84. The fourth-order valence-corrected chi connectivity index (χ4v) is 1.12. The number of aryl methyl sites for hydroxylation is 1. The molecule has 1 atom stereocenters. The smallest absolute Gasteiger partial charge is 0.153 e. The molecule has 1 heterocycles. The molecule has 0 aliphatic heterocycles. The Morgan fingerprint density at radius 2 is 2.33 bits per heavy atom. The Morgan fingerprint density at radius 3 is 2.83 bits per heavy atom. The van der Waals surface area contributed by atoms with Crippen LogP contribution < -0.4 is 5.73 Å². The van der Waals surface area contributed by atoms with Crippen molar-refractivity contribution in [1.82, 2.24) is 5.16 Å². The Bertz CT molecular complexity index is 232. The molecule has 0 aliphatic carbocycles. The number of hydrogen-bond acceptors (Lipinski definition) is 3. The van der Waals surface area contributed by atoms with Crippen LogP contribution in [0.3, 0.4) is 0 Å². The van der Waals surface area contributed by atoms with Crippen molar-refractivity contribution in [3.05, 3.63) is 17.5 Å². The zero-order valence-electron chi connectivity index (χ0n) is 7.71. The zero-order chi connectivity index (χ0) is 8.97. The summed E-state index contributed by atoms with van der Waals surface area (Å²) >= 11 is 0. The minimum absolute atomic E-state index is 0.0165. The number of hydrogen-bond donors (Lipinski definition) is 1. The van der Waals surface area contributed by atoms with Gasteiger partial charge in [-0.05, 0) is 12.8 Å². The van der Waals surface area contributed by atoms with Crippen molar-refractivity contribution in [1.29, 1.82) is 0 Å². The van der Waals surface area contributed by atoms with Crippen LogP contribution in [0.25, 0.3) is 0 Å². The lowest BCUT2D eigenvalue weighted by Crippen LogP contribution is -2.08. The van der Waals surface area contributed by atoms with E-state index in [9.17, 15) is 0 Å². The lowest BCUT2D eigenvalue weighted by Gasteiger charge is -2.03. The largest absolute Gasteiger partial charge is 0.359 e. The third kappa shape index (κ3) is 2.08. The van der Waals surface area contributed by atoms with E-state index in [-0.39, 0.29) is 6.04 Å². The van der Waals surface area contributed by atoms with Crippen LogP contribution in [-0.4, -0.2) is 5.16 Å². The van der Waals surface area contributed by atoms with Crippen molar-refractivity contribution >= 4 is 0 Å². The first-order chi connectivity index (χ1) is 5.77. The fraction of sp³-hybridized carbons (Fsp3) is 0.667. The van der Waals surface area contributed by atoms with E-state index in [1.54, 1.807) is 0 Å². The summed E-state index contributed by atoms with van der Waals surface area (Å²) in [5.74, 6) is 0.814. The molecule has 12 heavy (non-hydrogen) atoms. The van der Waals surface area contributed by atoms with E-state index < -0.39 is 0 Å². The average molecular weight is 168 g/mol. The molecule has 0 aliphatic rings. The Balaban J connectivity index is 2.61. The average Bonchev–Trinajstić information content (AvgIpc) is 2.52. The molecular formula is C9H16N2O. The van der Waals surface area contributed by atoms with E-state index in [4.69, 9.17) is 10.3 Å². The number of nitrogens with two attached hydrogens (primary N) is 1. The number of nitrogens with zero attached hydrogens (tertiary/aromatic N) is 1. The molecule has 3 heteroatoms. The topological polar surface area (TPSA) is 52.0 Å². The summed E-state index contributed by atoms with van der Waals surface area (Å²) < 4.78 is 5.09. The molecular weight excluding hydrogens is 152 g/mol. The number of aromatic nitrogens is 1. The van der Waals surface area contributed by atoms with Gasteiger partial charge in [0.2, 0.25) is 0 Å². The van der Waals surface area contributed by atoms with Crippen LogP contribution >= 0.6 is 0 Å². The summed E-state index contributed by atoms with van der Waals surface area (Å²) in [5.41, 5.74) is 6.82. The monoisotopic (exact) mass is 168 g/mol. The van der Waals surface area contributed by atoms with Crippen LogP contribution in [0.4, 0.5) is 0 Å². The first-order valence-electron chi connectivity index (χ1n) is 4.49. The van der Waals surface area contributed by atoms with Crippen LogP contribution in [0.5, 0.6) is 0 Å². The molecule has 0 spiro atoms. The minimum Gasteiger partial charge on any atom is -0.359 e. The van der Waals surface area contributed by atoms with Crippen molar-refractivity contribution in [3.8, 4) is 0 Å². The fourth-order valence-electron chi connectivity index (χ4n) is 1.12. The lowest BCUT2D eigenvalue weighted by molar-refractivity contribution is 0.350. The van der Waals surface area contributed by atoms with Gasteiger partial charge in [0.05, 0.1) is 11.7 Å². The van der Waals surface area contributed by atoms with E-state index in [1.807, 2.05) is 13.0 Å². The van der Waals surface area contributed by atoms with Gasteiger partial charge in [0.1, 0.15) is 0 Å². The molecule has 0 aromatic carbocycles. The lowest BCUT2D eigenvalue weighted by atomic mass is 10.1. The van der Waals surface area contributed by atoms with Gasteiger partial charge in [-0.1, -0.05) is 25.4 Å². The van der Waals surface area contributed by atoms with Crippen LogP contribution in [0, 0.1) is 0 Å². The SMILES string of the molecule is CCCC(N)c1cc(CC)no1. The van der Waals surface area contributed by atoms with Gasteiger partial charge in [0, 0.05) is 6.07 Å². The highest BCUT2D eigenvalue weighted by Gasteiger charge is 2.10. The molecule has 1 rings (SSSR count). The standard InChI is InChI=1S/C9H16N2O/c1-3-5-8(10)9-6-7(4-2)11-12-9/h6,8H,3-5,10H2,1-2H3. The van der Waals surface area contributed by atoms with Crippen LogP contribution in [0.15, 0.2) is 10.6 Å². The molecule has 68 valence electrons. The van der Waals surface area contributed by atoms with Crippen molar-refractivity contribution in [2.24, 2.45) is 5.73 Å². The van der Waals surface area contributed by atoms with Gasteiger partial charge in [-0.2, -0.15) is 0 Å². The minimum atomic E-state index is 0.0165. The summed E-state index contributed by atoms with van der Waals surface area (Å²) in [6.07, 6.45) is 2.93. The summed E-state index contributed by atoms with van der Waals surface area (Å²) in [5, 5.41) is 3.88. The van der Waals surface area contributed by atoms with Crippen LogP contribution in [-0.2, 0) is 6.42 Å². The summed E-state index contributed by atoms with van der Waals surface area (Å²) in [7, 11) is 0. The van der Waals surface area contributed by atoms with Crippen molar-refractivity contribution in [2.75, 3.05) is 0 Å². The van der Waals surface area contributed by atoms with Gasteiger partial charge < -0.3 is 10.3 Å². The van der Waals surface area contributed by atoms with Crippen LogP contribution in [0.1, 0.15) is 44.2 Å². The molecule has 0 fully saturated rings. The first-order valence-corrected chi connectivity index (χ1v) is 4.49. The molecule has 3 nitrogen and oxygen atoms in total. The third-order valence-corrected chi connectivity index (χ3v) is 1.90. The maximum Gasteiger partial charge on any atom is 0.153 e. The molecule has 1 aromatic heterocycles. The Morgan fingerprint density at radius 1 is 1.58 bits per heavy atom. The maximum atomic E-state index is 5.84. The second-order valence-electron chi connectivity index (χ2n) is 2.97. The summed E-state index contributed by atoms with van der Waals surface area (Å²) in [4.78, 5) is 0. The summed E-state index contributed by atoms with van der Waals surface area (Å²) in [6, 6.07) is 1.96. The van der Waals surface area contributed by atoms with Gasteiger partial charge in [-0.25, -0.2) is 0 Å². The quantitative estimate of drug-likeness (QED) is 0.748. The Labute approximate surface area is 72.9 Å². The van der Waals surface area contributed by atoms with Crippen molar-refractivity contribution in [3.63, 3.8) is 0 Å². The van der Waals surface area contributed by atoms with Gasteiger partial charge in [0.15, 0.2) is 5.76 Å². The molecule has 0 saturated carbocycles. The van der Waals surface area contributed by atoms with E-state index in [2.05, 4.69) is 12.1 Å². The molecule has 0 saturated heterocycles. The predicted molar refractivity (Wildman–Crippen MR) is 47.7 cm³/mol. The number of rotatable bonds is 4. The highest BCUT2D eigenvalue weighted by atomic mass is 16.5. The molecule has 0 radical (unpaired) electrons. The van der Waals surface area contributed by atoms with E-state index in [0.29, 0.717) is 0 Å². The molecule has 1 unspecified atom stereocenters. The van der Waals surface area contributed by atoms with E-state index >= 15 is 0 Å². The van der Waals surface area contributed by atoms with Crippen molar-refractivity contribution in [2.45, 2.75) is 39.2 Å². The van der Waals surface area contributed by atoms with Gasteiger partial charge in [-0.3, -0.25) is 0 Å². The van der Waals surface area contributed by atoms with E-state index in [1.165, 1.54) is 0 Å². The normalized spacial score (nSPS) is 13.2. The van der Waals surface area contributed by atoms with Crippen molar-refractivity contribution < 1.29 is 4.52 Å². The van der Waals surface area contributed by atoms with Gasteiger partial charge in [-0.15, -0.1) is 0 Å². The zero-order valence-corrected chi connectivity index (χ0v) is 7.71. The second kappa shape index (κ2) is 4.26. The molecule has 0 bridgehead atoms. The molecule has 1 aromatic rings. The van der Waals surface area contributed by atoms with Gasteiger partial charge in [0.25, 0.3) is 0 Å². The van der Waals surface area contributed by atoms with E-state index in [0.717, 1.165) is 30.7 Å². The second-order valence-corrected chi connectivity index (χ2v) is 2.97. The molecule has 2 N–H and O–H groups in total. The highest BCUT2D eigenvalue weighted by Crippen LogP contribution is 2.16. The third-order valence-electron chi connectivity index (χ3n) is 1.90. The predicted octanol–water partition coefficient (Wildman–Crippen LogP) is 2.04. The summed E-state index contributed by atoms with van der Waals surface area (Å²) in [6.45, 7) is 4.16. The van der Waals surface area contributed by atoms with Crippen LogP contribution in [0.2, 0.25) is 0 Å². The van der Waals surface area contributed by atoms with Gasteiger partial charge >= 0.3 is 0 Å². The Hall–Kier alpha value is -0.830. The Kier molecular flexibility index (Phi) is 3.29.